The van der Waals surface area contributed by atoms with Crippen LogP contribution in [0.2, 0.25) is 0 Å². The van der Waals surface area contributed by atoms with Crippen molar-refractivity contribution in [1.29, 1.82) is 0 Å². The SMILES string of the molecule is CCOC(=O)c1ccccc1OS(=O)(=O)c1ccc2c(c1)CCC(=O)N2. The molecule has 1 aliphatic rings. The van der Waals surface area contributed by atoms with Crippen molar-refractivity contribution in [2.45, 2.75) is 24.7 Å². The summed E-state index contributed by atoms with van der Waals surface area (Å²) in [5.41, 5.74) is 1.34. The third kappa shape index (κ3) is 3.70. The molecule has 7 nitrogen and oxygen atoms in total. The van der Waals surface area contributed by atoms with E-state index in [-0.39, 0.29) is 28.7 Å². The number of hydrogen-bond acceptors (Lipinski definition) is 6. The van der Waals surface area contributed by atoms with Crippen LogP contribution in [0.15, 0.2) is 47.4 Å². The van der Waals surface area contributed by atoms with Crippen molar-refractivity contribution < 1.29 is 26.9 Å². The molecule has 8 heteroatoms. The summed E-state index contributed by atoms with van der Waals surface area (Å²) in [5.74, 6) is -0.865. The van der Waals surface area contributed by atoms with E-state index < -0.39 is 16.1 Å². The molecule has 2 aromatic rings. The lowest BCUT2D eigenvalue weighted by molar-refractivity contribution is -0.116. The molecule has 0 saturated heterocycles. The Morgan fingerprint density at radius 2 is 1.92 bits per heavy atom. The van der Waals surface area contributed by atoms with Crippen LogP contribution in [0.3, 0.4) is 0 Å². The summed E-state index contributed by atoms with van der Waals surface area (Å²) in [6, 6.07) is 10.3. The fraction of sp³-hybridized carbons (Fsp3) is 0.222. The molecule has 0 aromatic heterocycles. The second kappa shape index (κ2) is 7.17. The van der Waals surface area contributed by atoms with Gasteiger partial charge in [-0.05, 0) is 49.2 Å². The number of rotatable bonds is 5. The molecule has 0 spiro atoms. The number of fused-ring (bicyclic) bond motifs is 1. The van der Waals surface area contributed by atoms with E-state index in [1.807, 2.05) is 0 Å². The molecule has 1 N–H and O–H groups in total. The number of aryl methyl sites for hydroxylation is 1. The van der Waals surface area contributed by atoms with E-state index >= 15 is 0 Å². The second-order valence-electron chi connectivity index (χ2n) is 5.62. The van der Waals surface area contributed by atoms with E-state index in [4.69, 9.17) is 8.92 Å². The van der Waals surface area contributed by atoms with Gasteiger partial charge in [0.25, 0.3) is 0 Å². The lowest BCUT2D eigenvalue weighted by Crippen LogP contribution is -2.20. The Kier molecular flexibility index (Phi) is 4.94. The molecule has 3 rings (SSSR count). The highest BCUT2D eigenvalue weighted by Crippen LogP contribution is 2.28. The van der Waals surface area contributed by atoms with Gasteiger partial charge in [-0.25, -0.2) is 4.79 Å². The van der Waals surface area contributed by atoms with Gasteiger partial charge < -0.3 is 14.2 Å². The Morgan fingerprint density at radius 3 is 2.69 bits per heavy atom. The highest BCUT2D eigenvalue weighted by molar-refractivity contribution is 7.87. The minimum atomic E-state index is -4.15. The van der Waals surface area contributed by atoms with Crippen molar-refractivity contribution in [3.8, 4) is 5.75 Å². The molecule has 0 bridgehead atoms. The lowest BCUT2D eigenvalue weighted by Gasteiger charge is -2.17. The maximum absolute atomic E-state index is 12.6. The Bertz CT molecular complexity index is 967. The van der Waals surface area contributed by atoms with Crippen LogP contribution >= 0.6 is 0 Å². The zero-order valence-electron chi connectivity index (χ0n) is 14.0. The van der Waals surface area contributed by atoms with Crippen molar-refractivity contribution in [2.24, 2.45) is 0 Å². The number of amides is 1. The minimum absolute atomic E-state index is 0.0307. The van der Waals surface area contributed by atoms with Gasteiger partial charge in [0.2, 0.25) is 5.91 Å². The van der Waals surface area contributed by atoms with Gasteiger partial charge in [-0.15, -0.1) is 0 Å². The van der Waals surface area contributed by atoms with Crippen molar-refractivity contribution in [1.82, 2.24) is 0 Å². The molecule has 1 heterocycles. The van der Waals surface area contributed by atoms with Crippen LogP contribution < -0.4 is 9.50 Å². The van der Waals surface area contributed by atoms with E-state index in [1.54, 1.807) is 19.1 Å². The number of anilines is 1. The molecular formula is C18H17NO6S. The molecule has 136 valence electrons. The van der Waals surface area contributed by atoms with Crippen molar-refractivity contribution in [2.75, 3.05) is 11.9 Å². The number of carbonyl (C=O) groups is 2. The Hall–Kier alpha value is -2.87. The van der Waals surface area contributed by atoms with Crippen LogP contribution in [0.1, 0.15) is 29.3 Å². The number of nitrogens with one attached hydrogen (secondary N) is 1. The second-order valence-corrected chi connectivity index (χ2v) is 7.17. The molecule has 0 radical (unpaired) electrons. The summed E-state index contributed by atoms with van der Waals surface area (Å²) in [7, 11) is -4.15. The van der Waals surface area contributed by atoms with Crippen LogP contribution in [0.25, 0.3) is 0 Å². The van der Waals surface area contributed by atoms with Crippen LogP contribution in [0, 0.1) is 0 Å². The number of para-hydroxylation sites is 1. The molecule has 0 atom stereocenters. The minimum Gasteiger partial charge on any atom is -0.462 e. The summed E-state index contributed by atoms with van der Waals surface area (Å²) in [6.45, 7) is 1.82. The predicted octanol–water partition coefficient (Wildman–Crippen LogP) is 2.52. The molecule has 0 saturated carbocycles. The number of hydrogen-bond donors (Lipinski definition) is 1. The largest absolute Gasteiger partial charge is 0.462 e. The standard InChI is InChI=1S/C18H17NO6S/c1-2-24-18(21)14-5-3-4-6-16(14)25-26(22,23)13-8-9-15-12(11-13)7-10-17(20)19-15/h3-6,8-9,11H,2,7,10H2,1H3,(H,19,20). The quantitative estimate of drug-likeness (QED) is 0.637. The van der Waals surface area contributed by atoms with Crippen LogP contribution in [0.5, 0.6) is 5.75 Å². The summed E-state index contributed by atoms with van der Waals surface area (Å²) >= 11 is 0. The third-order valence-corrected chi connectivity index (χ3v) is 5.07. The Morgan fingerprint density at radius 1 is 1.15 bits per heavy atom. The van der Waals surface area contributed by atoms with Gasteiger partial charge in [-0.3, -0.25) is 4.79 Å². The highest BCUT2D eigenvalue weighted by Gasteiger charge is 2.24. The number of benzene rings is 2. The zero-order valence-corrected chi connectivity index (χ0v) is 14.8. The van der Waals surface area contributed by atoms with Gasteiger partial charge in [-0.1, -0.05) is 12.1 Å². The van der Waals surface area contributed by atoms with E-state index in [9.17, 15) is 18.0 Å². The molecular weight excluding hydrogens is 358 g/mol. The Balaban J connectivity index is 1.91. The van der Waals surface area contributed by atoms with Gasteiger partial charge in [0.05, 0.1) is 6.61 Å². The molecule has 1 aliphatic heterocycles. The summed E-state index contributed by atoms with van der Waals surface area (Å²) in [6.07, 6.45) is 0.743. The molecule has 2 aromatic carbocycles. The van der Waals surface area contributed by atoms with Crippen molar-refractivity contribution in [3.63, 3.8) is 0 Å². The third-order valence-electron chi connectivity index (χ3n) is 3.84. The first-order valence-electron chi connectivity index (χ1n) is 8.04. The van der Waals surface area contributed by atoms with E-state index in [2.05, 4.69) is 5.32 Å². The number of esters is 1. The molecule has 0 unspecified atom stereocenters. The van der Waals surface area contributed by atoms with Gasteiger partial charge in [0.15, 0.2) is 5.75 Å². The maximum atomic E-state index is 12.6. The van der Waals surface area contributed by atoms with Gasteiger partial charge >= 0.3 is 16.1 Å². The normalized spacial score (nSPS) is 13.5. The van der Waals surface area contributed by atoms with Crippen molar-refractivity contribution >= 4 is 27.7 Å². The van der Waals surface area contributed by atoms with Crippen LogP contribution in [-0.4, -0.2) is 26.9 Å². The lowest BCUT2D eigenvalue weighted by atomic mass is 10.0. The van der Waals surface area contributed by atoms with Crippen LogP contribution in [-0.2, 0) is 26.1 Å². The Labute approximate surface area is 151 Å². The smallest absolute Gasteiger partial charge is 0.341 e. The first-order chi connectivity index (χ1) is 12.4. The first kappa shape index (κ1) is 17.9. The predicted molar refractivity (Wildman–Crippen MR) is 93.6 cm³/mol. The average molecular weight is 375 g/mol. The van der Waals surface area contributed by atoms with Crippen molar-refractivity contribution in [3.05, 3.63) is 53.6 Å². The van der Waals surface area contributed by atoms with Crippen LogP contribution in [0.4, 0.5) is 5.69 Å². The molecule has 26 heavy (non-hydrogen) atoms. The first-order valence-corrected chi connectivity index (χ1v) is 9.45. The van der Waals surface area contributed by atoms with E-state index in [1.165, 1.54) is 30.3 Å². The monoisotopic (exact) mass is 375 g/mol. The summed E-state index contributed by atoms with van der Waals surface area (Å²) < 4.78 is 35.3. The number of ether oxygens (including phenoxy) is 1. The highest BCUT2D eigenvalue weighted by atomic mass is 32.2. The topological polar surface area (TPSA) is 98.8 Å². The molecule has 0 fully saturated rings. The molecule has 0 aliphatic carbocycles. The van der Waals surface area contributed by atoms with E-state index in [0.717, 1.165) is 0 Å². The van der Waals surface area contributed by atoms with Gasteiger partial charge in [0.1, 0.15) is 10.5 Å². The number of carbonyl (C=O) groups excluding carboxylic acids is 2. The molecule has 1 amide bonds. The fourth-order valence-electron chi connectivity index (χ4n) is 2.60. The zero-order chi connectivity index (χ0) is 18.7. The van der Waals surface area contributed by atoms with Gasteiger partial charge in [0, 0.05) is 12.1 Å². The van der Waals surface area contributed by atoms with E-state index in [0.29, 0.717) is 24.1 Å². The summed E-state index contributed by atoms with van der Waals surface area (Å²) in [4.78, 5) is 23.3. The average Bonchev–Trinajstić information content (AvgIpc) is 2.61. The summed E-state index contributed by atoms with van der Waals surface area (Å²) in [5, 5.41) is 2.69. The fourth-order valence-corrected chi connectivity index (χ4v) is 3.60. The maximum Gasteiger partial charge on any atom is 0.341 e. The van der Waals surface area contributed by atoms with Gasteiger partial charge in [-0.2, -0.15) is 8.42 Å².